The van der Waals surface area contributed by atoms with E-state index in [2.05, 4.69) is 71.0 Å². The number of esters is 1. The van der Waals surface area contributed by atoms with E-state index in [1.807, 2.05) is 6.07 Å². The molecule has 0 radical (unpaired) electrons. The van der Waals surface area contributed by atoms with Crippen LogP contribution in [0, 0.1) is 18.4 Å². The third-order valence-electron chi connectivity index (χ3n) is 6.55. The minimum absolute atomic E-state index is 0.0135. The highest BCUT2D eigenvalue weighted by molar-refractivity contribution is 7.17. The molecule has 4 rings (SSSR count). The molecule has 0 unspecified atom stereocenters. The van der Waals surface area contributed by atoms with Crippen molar-refractivity contribution in [1.29, 1.82) is 0 Å². The Labute approximate surface area is 211 Å². The molecule has 1 aromatic heterocycles. The van der Waals surface area contributed by atoms with Crippen molar-refractivity contribution < 1.29 is 9.53 Å². The van der Waals surface area contributed by atoms with E-state index in [4.69, 9.17) is 11.3 Å². The van der Waals surface area contributed by atoms with Crippen LogP contribution in [0.2, 0.25) is 0 Å². The van der Waals surface area contributed by atoms with E-state index >= 15 is 0 Å². The number of aromatic nitrogens is 2. The molecule has 0 atom stereocenters. The third-order valence-corrected chi connectivity index (χ3v) is 7.56. The normalized spacial score (nSPS) is 14.1. The summed E-state index contributed by atoms with van der Waals surface area (Å²) in [6.07, 6.45) is 2.74. The molecule has 35 heavy (non-hydrogen) atoms. The van der Waals surface area contributed by atoms with Gasteiger partial charge in [0, 0.05) is 30.8 Å². The van der Waals surface area contributed by atoms with Gasteiger partial charge in [0.25, 0.3) is 0 Å². The average Bonchev–Trinajstić information content (AvgIpc) is 3.32. The summed E-state index contributed by atoms with van der Waals surface area (Å²) in [5.41, 5.74) is 6.48. The second-order valence-corrected chi connectivity index (χ2v) is 10.5. The van der Waals surface area contributed by atoms with Crippen LogP contribution in [-0.2, 0) is 28.8 Å². The molecule has 0 bridgehead atoms. The summed E-state index contributed by atoms with van der Waals surface area (Å²) in [7, 11) is 1.45. The Kier molecular flexibility index (Phi) is 7.94. The van der Waals surface area contributed by atoms with Crippen LogP contribution in [0.25, 0.3) is 26.0 Å². The van der Waals surface area contributed by atoms with Crippen molar-refractivity contribution in [2.24, 2.45) is 11.8 Å². The standard InChI is InChI=1S/C28H32N4O2S/c1-6-23-19(12-13-32-16-22(17-32)28(33)34-5)8-7-9-24(23)27-31-30-26(35-27)21-11-10-20(14-18(2)3)25(15-21)29-4/h7-11,15,18,22H,6,12-14,16-17H2,1-3,5H3. The van der Waals surface area contributed by atoms with Gasteiger partial charge >= 0.3 is 5.97 Å². The highest BCUT2D eigenvalue weighted by Gasteiger charge is 2.33. The van der Waals surface area contributed by atoms with E-state index in [1.165, 1.54) is 18.2 Å². The van der Waals surface area contributed by atoms with E-state index in [-0.39, 0.29) is 11.9 Å². The monoisotopic (exact) mass is 488 g/mol. The summed E-state index contributed by atoms with van der Waals surface area (Å²) in [5, 5.41) is 10.7. The van der Waals surface area contributed by atoms with Crippen LogP contribution >= 0.6 is 11.3 Å². The van der Waals surface area contributed by atoms with Crippen molar-refractivity contribution in [1.82, 2.24) is 15.1 Å². The Hall–Kier alpha value is -3.08. The van der Waals surface area contributed by atoms with Crippen LogP contribution in [0.1, 0.15) is 37.5 Å². The number of ether oxygens (including phenoxy) is 1. The van der Waals surface area contributed by atoms with Crippen molar-refractivity contribution in [3.63, 3.8) is 0 Å². The largest absolute Gasteiger partial charge is 0.469 e. The van der Waals surface area contributed by atoms with Crippen LogP contribution < -0.4 is 0 Å². The molecule has 182 valence electrons. The van der Waals surface area contributed by atoms with Crippen LogP contribution in [-0.4, -0.2) is 47.8 Å². The van der Waals surface area contributed by atoms with Crippen molar-refractivity contribution in [3.8, 4) is 21.1 Å². The lowest BCUT2D eigenvalue weighted by Gasteiger charge is -2.37. The number of hydrogen-bond donors (Lipinski definition) is 0. The van der Waals surface area contributed by atoms with Gasteiger partial charge in [-0.05, 0) is 47.9 Å². The number of carbonyl (C=O) groups excluding carboxylic acids is 1. The molecule has 7 heteroatoms. The molecule has 0 aliphatic carbocycles. The quantitative estimate of drug-likeness (QED) is 0.280. The molecule has 0 spiro atoms. The molecule has 1 aliphatic heterocycles. The third kappa shape index (κ3) is 5.61. The lowest BCUT2D eigenvalue weighted by atomic mass is 9.95. The van der Waals surface area contributed by atoms with E-state index in [0.29, 0.717) is 11.6 Å². The van der Waals surface area contributed by atoms with Crippen LogP contribution in [0.5, 0.6) is 0 Å². The molecule has 2 heterocycles. The Balaban J connectivity index is 1.51. The zero-order valence-electron chi connectivity index (χ0n) is 20.9. The summed E-state index contributed by atoms with van der Waals surface area (Å²) in [4.78, 5) is 17.7. The second-order valence-electron chi connectivity index (χ2n) is 9.49. The Morgan fingerprint density at radius 3 is 2.66 bits per heavy atom. The first-order valence-corrected chi connectivity index (χ1v) is 13.0. The first kappa shape index (κ1) is 25.0. The maximum atomic E-state index is 11.6. The zero-order valence-corrected chi connectivity index (χ0v) is 21.7. The van der Waals surface area contributed by atoms with Gasteiger partial charge in [0.05, 0.1) is 19.6 Å². The van der Waals surface area contributed by atoms with Crippen LogP contribution in [0.3, 0.4) is 0 Å². The molecule has 1 fully saturated rings. The number of benzene rings is 2. The van der Waals surface area contributed by atoms with Gasteiger partial charge in [-0.1, -0.05) is 62.4 Å². The van der Waals surface area contributed by atoms with Crippen LogP contribution in [0.4, 0.5) is 5.69 Å². The molecule has 6 nitrogen and oxygen atoms in total. The fourth-order valence-electron chi connectivity index (χ4n) is 4.70. The van der Waals surface area contributed by atoms with Gasteiger partial charge < -0.3 is 9.64 Å². The second kappa shape index (κ2) is 11.1. The SMILES string of the molecule is [C-]#[N+]c1cc(-c2nnc(-c3cccc(CCN4CC(C(=O)OC)C4)c3CC)s2)ccc1CC(C)C. The van der Waals surface area contributed by atoms with Crippen molar-refractivity contribution in [3.05, 3.63) is 64.5 Å². The van der Waals surface area contributed by atoms with Crippen LogP contribution in [0.15, 0.2) is 36.4 Å². The number of nitrogens with zero attached hydrogens (tertiary/aromatic N) is 4. The molecule has 1 saturated heterocycles. The number of rotatable bonds is 9. The van der Waals surface area contributed by atoms with Gasteiger partial charge in [0.2, 0.25) is 0 Å². The van der Waals surface area contributed by atoms with Gasteiger partial charge in [0.1, 0.15) is 10.0 Å². The van der Waals surface area contributed by atoms with E-state index in [0.717, 1.165) is 65.6 Å². The van der Waals surface area contributed by atoms with Crippen molar-refractivity contribution in [2.75, 3.05) is 26.7 Å². The average molecular weight is 489 g/mol. The van der Waals surface area contributed by atoms with Gasteiger partial charge in [-0.2, -0.15) is 0 Å². The molecule has 1 aliphatic rings. The topological polar surface area (TPSA) is 59.7 Å². The number of likely N-dealkylation sites (tertiary alicyclic amines) is 1. The smallest absolute Gasteiger partial charge is 0.311 e. The number of hydrogen-bond acceptors (Lipinski definition) is 6. The summed E-state index contributed by atoms with van der Waals surface area (Å²) in [6.45, 7) is 16.6. The molecular formula is C28H32N4O2S. The fourth-order valence-corrected chi connectivity index (χ4v) is 5.59. The zero-order chi connectivity index (χ0) is 24.9. The summed E-state index contributed by atoms with van der Waals surface area (Å²) in [5.74, 6) is 0.409. The van der Waals surface area contributed by atoms with Gasteiger partial charge in [-0.25, -0.2) is 4.85 Å². The lowest BCUT2D eigenvalue weighted by molar-refractivity contribution is -0.151. The summed E-state index contributed by atoms with van der Waals surface area (Å²) in [6, 6.07) is 12.5. The highest BCUT2D eigenvalue weighted by atomic mass is 32.1. The Morgan fingerprint density at radius 1 is 1.20 bits per heavy atom. The molecule has 0 N–H and O–H groups in total. The van der Waals surface area contributed by atoms with E-state index in [9.17, 15) is 4.79 Å². The number of methoxy groups -OCH3 is 1. The van der Waals surface area contributed by atoms with Gasteiger partial charge in [-0.15, -0.1) is 10.2 Å². The first-order valence-electron chi connectivity index (χ1n) is 12.2. The maximum absolute atomic E-state index is 11.6. The summed E-state index contributed by atoms with van der Waals surface area (Å²) >= 11 is 1.58. The Morgan fingerprint density at radius 2 is 1.97 bits per heavy atom. The fraction of sp³-hybridized carbons (Fsp3) is 0.429. The predicted octanol–water partition coefficient (Wildman–Crippen LogP) is 5.83. The van der Waals surface area contributed by atoms with E-state index < -0.39 is 0 Å². The van der Waals surface area contributed by atoms with Gasteiger partial charge in [-0.3, -0.25) is 4.79 Å². The molecule has 3 aromatic rings. The molecule has 0 saturated carbocycles. The molecule has 0 amide bonds. The highest BCUT2D eigenvalue weighted by Crippen LogP contribution is 2.36. The summed E-state index contributed by atoms with van der Waals surface area (Å²) < 4.78 is 4.84. The van der Waals surface area contributed by atoms with Crippen molar-refractivity contribution in [2.45, 2.75) is 40.0 Å². The van der Waals surface area contributed by atoms with Gasteiger partial charge in [0.15, 0.2) is 5.69 Å². The molecule has 2 aromatic carbocycles. The first-order chi connectivity index (χ1) is 16.9. The maximum Gasteiger partial charge on any atom is 0.311 e. The van der Waals surface area contributed by atoms with E-state index in [1.54, 1.807) is 11.3 Å². The minimum Gasteiger partial charge on any atom is -0.469 e. The minimum atomic E-state index is -0.109. The number of carbonyl (C=O) groups is 1. The predicted molar refractivity (Wildman–Crippen MR) is 141 cm³/mol. The van der Waals surface area contributed by atoms with Crippen molar-refractivity contribution >= 4 is 23.0 Å². The lowest BCUT2D eigenvalue weighted by Crippen LogP contribution is -2.51. The molecular weight excluding hydrogens is 456 g/mol. The Bertz CT molecular complexity index is 1240.